The van der Waals surface area contributed by atoms with Crippen LogP contribution in [0.15, 0.2) is 81.7 Å². The van der Waals surface area contributed by atoms with Gasteiger partial charge in [-0.25, -0.2) is 0 Å². The number of fused-ring (bicyclic) bond motifs is 8. The highest BCUT2D eigenvalue weighted by molar-refractivity contribution is 9.10. The number of halogens is 2. The van der Waals surface area contributed by atoms with Crippen molar-refractivity contribution in [1.82, 2.24) is 0 Å². The van der Waals surface area contributed by atoms with Crippen LogP contribution < -0.4 is 10.9 Å². The van der Waals surface area contributed by atoms with Gasteiger partial charge in [-0.3, -0.25) is 0 Å². The van der Waals surface area contributed by atoms with E-state index in [0.29, 0.717) is 0 Å². The van der Waals surface area contributed by atoms with E-state index < -0.39 is 0 Å². The van der Waals surface area contributed by atoms with Crippen LogP contribution in [-0.4, -0.2) is 36.6 Å². The molecule has 0 amide bonds. The van der Waals surface area contributed by atoms with E-state index in [1.54, 1.807) is 44.5 Å². The van der Waals surface area contributed by atoms with Crippen LogP contribution in [0.3, 0.4) is 0 Å². The van der Waals surface area contributed by atoms with Gasteiger partial charge in [0.1, 0.15) is 0 Å². The lowest BCUT2D eigenvalue weighted by molar-refractivity contribution is 0.00578. The highest BCUT2D eigenvalue weighted by Crippen LogP contribution is 2.70. The van der Waals surface area contributed by atoms with Crippen LogP contribution in [0.2, 0.25) is 0 Å². The summed E-state index contributed by atoms with van der Waals surface area (Å²) in [5.41, 5.74) is 20.0. The van der Waals surface area contributed by atoms with Crippen molar-refractivity contribution in [3.05, 3.63) is 126 Å². The van der Waals surface area contributed by atoms with Gasteiger partial charge in [-0.05, 0) is 209 Å². The van der Waals surface area contributed by atoms with E-state index in [0.717, 1.165) is 36.6 Å². The first-order valence-corrected chi connectivity index (χ1v) is 35.7. The smallest absolute Gasteiger partial charge is 0.399 e. The highest BCUT2D eigenvalue weighted by atomic mass is 79.9. The van der Waals surface area contributed by atoms with Gasteiger partial charge in [0, 0.05) is 30.6 Å². The minimum atomic E-state index is -0.374. The van der Waals surface area contributed by atoms with Gasteiger partial charge in [-0.15, -0.1) is 0 Å². The molecule has 456 valence electrons. The largest absolute Gasteiger partial charge is 0.494 e. The number of hydrogen-bond donors (Lipinski definition) is 0. The zero-order valence-electron chi connectivity index (χ0n) is 55.4. The Labute approximate surface area is 529 Å². The third kappa shape index (κ3) is 11.3. The van der Waals surface area contributed by atoms with Crippen LogP contribution in [-0.2, 0) is 40.3 Å². The summed E-state index contributed by atoms with van der Waals surface area (Å²) in [7, 11) is -0.731. The number of benzene rings is 4. The lowest BCUT2D eigenvalue weighted by Gasteiger charge is -2.37. The second kappa shape index (κ2) is 26.0. The Morgan fingerprint density at radius 1 is 0.298 bits per heavy atom. The molecule has 0 radical (unpaired) electrons. The fraction of sp³-hybridized carbons (Fsp3) is 0.632. The van der Waals surface area contributed by atoms with Gasteiger partial charge in [-0.1, -0.05) is 239 Å². The van der Waals surface area contributed by atoms with E-state index in [1.165, 1.54) is 160 Å². The minimum Gasteiger partial charge on any atom is -0.399 e. The molecule has 2 heterocycles. The first kappa shape index (κ1) is 65.7. The molecule has 4 aliphatic carbocycles. The molecule has 4 aromatic carbocycles. The van der Waals surface area contributed by atoms with E-state index in [-0.39, 0.29) is 58.3 Å². The fourth-order valence-corrected chi connectivity index (χ4v) is 17.1. The summed E-state index contributed by atoms with van der Waals surface area (Å²) in [6.07, 6.45) is 29.5. The van der Waals surface area contributed by atoms with Gasteiger partial charge in [0.15, 0.2) is 0 Å². The summed E-state index contributed by atoms with van der Waals surface area (Å²) in [6, 6.07) is 29.1. The van der Waals surface area contributed by atoms with Crippen molar-refractivity contribution in [3.63, 3.8) is 0 Å². The van der Waals surface area contributed by atoms with Crippen molar-refractivity contribution in [1.29, 1.82) is 0 Å². The van der Waals surface area contributed by atoms with E-state index in [1.807, 2.05) is 0 Å². The SMILES string of the molecule is CCCCC1(CCCC)C2=C(c3ccc(B4OC(C)(C)C(C)(C)O4)cc31)C(CCCC)(CCCC)c1cc(B3OC(C)(C)C(C)(C)O3)ccc12.CCCCC1(CCCC)C2=C(c3ccc(Br)cc31)C(CCCC)(CCCC)c1cc(Br)ccc12. The quantitative estimate of drug-likeness (QED) is 0.0587. The second-order valence-electron chi connectivity index (χ2n) is 28.8. The first-order chi connectivity index (χ1) is 40.0. The molecule has 10 rings (SSSR count). The van der Waals surface area contributed by atoms with Gasteiger partial charge in [0.2, 0.25) is 0 Å². The maximum atomic E-state index is 6.67. The summed E-state index contributed by atoms with van der Waals surface area (Å²) >= 11 is 7.72. The zero-order chi connectivity index (χ0) is 60.7. The average molecular weight is 1270 g/mol. The summed E-state index contributed by atoms with van der Waals surface area (Å²) in [5.74, 6) is 0. The summed E-state index contributed by atoms with van der Waals surface area (Å²) in [5, 5.41) is 0. The molecular formula is C76H108B2Br2O4. The van der Waals surface area contributed by atoms with Gasteiger partial charge >= 0.3 is 14.2 Å². The molecule has 6 aliphatic rings. The molecule has 0 saturated carbocycles. The van der Waals surface area contributed by atoms with Crippen molar-refractivity contribution in [3.8, 4) is 0 Å². The Morgan fingerprint density at radius 3 is 0.714 bits per heavy atom. The van der Waals surface area contributed by atoms with E-state index in [2.05, 4.69) is 215 Å². The van der Waals surface area contributed by atoms with Crippen LogP contribution in [0.25, 0.3) is 22.3 Å². The Bertz CT molecular complexity index is 2790. The summed E-state index contributed by atoms with van der Waals surface area (Å²) < 4.78 is 29.1. The van der Waals surface area contributed by atoms with E-state index in [4.69, 9.17) is 18.6 Å². The Balaban J connectivity index is 0.000000217. The molecule has 0 unspecified atom stereocenters. The second-order valence-corrected chi connectivity index (χ2v) is 30.7. The molecule has 0 bridgehead atoms. The van der Waals surface area contributed by atoms with Crippen LogP contribution in [0, 0.1) is 0 Å². The van der Waals surface area contributed by atoms with Crippen LogP contribution >= 0.6 is 31.9 Å². The predicted molar refractivity (Wildman–Crippen MR) is 369 cm³/mol. The molecule has 2 saturated heterocycles. The normalized spacial score (nSPS) is 20.6. The van der Waals surface area contributed by atoms with E-state index in [9.17, 15) is 0 Å². The number of unbranched alkanes of at least 4 members (excludes halogenated alkanes) is 8. The molecule has 0 spiro atoms. The van der Waals surface area contributed by atoms with Crippen LogP contribution in [0.4, 0.5) is 0 Å². The summed E-state index contributed by atoms with van der Waals surface area (Å²) in [4.78, 5) is 0. The lowest BCUT2D eigenvalue weighted by atomic mass is 9.64. The maximum Gasteiger partial charge on any atom is 0.494 e. The van der Waals surface area contributed by atoms with E-state index >= 15 is 0 Å². The Morgan fingerprint density at radius 2 is 0.500 bits per heavy atom. The Kier molecular flexibility index (Phi) is 20.4. The third-order valence-electron chi connectivity index (χ3n) is 22.3. The standard InChI is InChI=1S/C44H66B2O4.C32H42Br2/c1-13-17-25-43(26-18-14-2)35-29-31(45-47-39(5,6)40(7,8)48-45)21-23-33(35)38-37(43)34-24-22-32(46-49-41(9,10)42(11,12)50-46)30-36(34)44(38,27-19-15-3)28-20-16-4;1-5-9-17-31(18-10-6-2)27-21-23(33)13-15-25(27)30-29(31)26-16-14-24(34)22-28(26)32(30,19-11-7-3)20-12-8-4/h21-24,29-30H,13-20,25-28H2,1-12H3;13-16,21-22H,5-12,17-20H2,1-4H3. The monoisotopic (exact) mass is 1260 g/mol. The van der Waals surface area contributed by atoms with Crippen molar-refractivity contribution >= 4 is 79.3 Å². The lowest BCUT2D eigenvalue weighted by Crippen LogP contribution is -2.41. The maximum absolute atomic E-state index is 6.67. The third-order valence-corrected chi connectivity index (χ3v) is 23.3. The Hall–Kier alpha value is -2.71. The topological polar surface area (TPSA) is 36.9 Å². The number of hydrogen-bond acceptors (Lipinski definition) is 4. The fourth-order valence-electron chi connectivity index (χ4n) is 16.3. The molecule has 4 nitrogen and oxygen atoms in total. The van der Waals surface area contributed by atoms with Gasteiger partial charge < -0.3 is 18.6 Å². The van der Waals surface area contributed by atoms with Crippen LogP contribution in [0.1, 0.15) is 309 Å². The molecule has 0 atom stereocenters. The van der Waals surface area contributed by atoms with Crippen molar-refractivity contribution in [2.75, 3.05) is 0 Å². The molecule has 2 aliphatic heterocycles. The number of allylic oxidation sites excluding steroid dienone is 4. The molecular weight excluding hydrogens is 1160 g/mol. The zero-order valence-corrected chi connectivity index (χ0v) is 58.6. The molecule has 84 heavy (non-hydrogen) atoms. The van der Waals surface area contributed by atoms with Crippen molar-refractivity contribution in [2.45, 2.75) is 309 Å². The molecule has 8 heteroatoms. The number of rotatable bonds is 26. The van der Waals surface area contributed by atoms with Gasteiger partial charge in [0.05, 0.1) is 22.4 Å². The van der Waals surface area contributed by atoms with Gasteiger partial charge in [-0.2, -0.15) is 0 Å². The predicted octanol–water partition coefficient (Wildman–Crippen LogP) is 21.8. The highest BCUT2D eigenvalue weighted by Gasteiger charge is 2.60. The van der Waals surface area contributed by atoms with Gasteiger partial charge in [0.25, 0.3) is 0 Å². The molecule has 4 aromatic rings. The molecule has 0 aromatic heterocycles. The average Bonchev–Trinajstić information content (AvgIpc) is 1.53. The van der Waals surface area contributed by atoms with Crippen LogP contribution in [0.5, 0.6) is 0 Å². The van der Waals surface area contributed by atoms with Crippen molar-refractivity contribution < 1.29 is 18.6 Å². The first-order valence-electron chi connectivity index (χ1n) is 34.2. The van der Waals surface area contributed by atoms with Crippen molar-refractivity contribution in [2.24, 2.45) is 0 Å². The molecule has 2 fully saturated rings. The minimum absolute atomic E-state index is 0.0445. The molecule has 0 N–H and O–H groups in total. The summed E-state index contributed by atoms with van der Waals surface area (Å²) in [6.45, 7) is 36.1.